The standard InChI is InChI=1S/C23H29FN2O4/c24-20-12-19(18-3-10-28-11-4-18)13-23(14-20)30-17-21(27)15-25-5-7-26(8-6-25)16-22-2-1-9-29-22/h1-3,9,12-14,21,27H,4-8,10-11,15-17H2. The van der Waals surface area contributed by atoms with Crippen molar-refractivity contribution in [2.75, 3.05) is 52.5 Å². The monoisotopic (exact) mass is 416 g/mol. The quantitative estimate of drug-likeness (QED) is 0.714. The Morgan fingerprint density at radius 2 is 1.97 bits per heavy atom. The van der Waals surface area contributed by atoms with Crippen LogP contribution in [0.1, 0.15) is 17.7 Å². The maximum Gasteiger partial charge on any atom is 0.127 e. The van der Waals surface area contributed by atoms with Gasteiger partial charge in [-0.15, -0.1) is 0 Å². The number of piperazine rings is 1. The topological polar surface area (TPSA) is 58.3 Å². The maximum absolute atomic E-state index is 14.0. The molecule has 4 rings (SSSR count). The van der Waals surface area contributed by atoms with E-state index in [0.29, 0.717) is 25.5 Å². The van der Waals surface area contributed by atoms with Crippen molar-refractivity contribution in [3.05, 3.63) is 59.8 Å². The molecular formula is C23H29FN2O4. The van der Waals surface area contributed by atoms with Crippen molar-refractivity contribution in [1.29, 1.82) is 0 Å². The van der Waals surface area contributed by atoms with Crippen molar-refractivity contribution in [3.8, 4) is 5.75 Å². The van der Waals surface area contributed by atoms with Gasteiger partial charge in [-0.05, 0) is 41.8 Å². The number of halogens is 1. The molecule has 1 N–H and O–H groups in total. The highest BCUT2D eigenvalue weighted by Crippen LogP contribution is 2.26. The molecule has 6 nitrogen and oxygen atoms in total. The Morgan fingerprint density at radius 3 is 2.70 bits per heavy atom. The van der Waals surface area contributed by atoms with Crippen LogP contribution in [0.25, 0.3) is 5.57 Å². The zero-order chi connectivity index (χ0) is 20.8. The lowest BCUT2D eigenvalue weighted by Gasteiger charge is -2.35. The first-order chi connectivity index (χ1) is 14.7. The molecule has 2 aliphatic rings. The van der Waals surface area contributed by atoms with E-state index in [0.717, 1.165) is 56.0 Å². The van der Waals surface area contributed by atoms with Gasteiger partial charge in [0.15, 0.2) is 0 Å². The molecule has 0 radical (unpaired) electrons. The average molecular weight is 416 g/mol. The predicted octanol–water partition coefficient (Wildman–Crippen LogP) is 2.78. The number of β-amino-alcohol motifs (C(OH)–C–C–N with tert-alkyl or cyclic N) is 1. The number of hydrogen-bond donors (Lipinski definition) is 1. The molecule has 3 heterocycles. The first-order valence-electron chi connectivity index (χ1n) is 10.5. The number of aliphatic hydroxyl groups is 1. The second-order valence-electron chi connectivity index (χ2n) is 7.85. The fourth-order valence-electron chi connectivity index (χ4n) is 3.92. The first-order valence-corrected chi connectivity index (χ1v) is 10.5. The summed E-state index contributed by atoms with van der Waals surface area (Å²) in [6.45, 7) is 6.33. The molecule has 1 fully saturated rings. The van der Waals surface area contributed by atoms with Crippen molar-refractivity contribution in [3.63, 3.8) is 0 Å². The minimum atomic E-state index is -0.629. The highest BCUT2D eigenvalue weighted by molar-refractivity contribution is 5.67. The Hall–Kier alpha value is -2.19. The van der Waals surface area contributed by atoms with Gasteiger partial charge in [0.05, 0.1) is 26.0 Å². The number of nitrogens with zero attached hydrogens (tertiary/aromatic N) is 2. The van der Waals surface area contributed by atoms with Crippen LogP contribution < -0.4 is 4.74 Å². The van der Waals surface area contributed by atoms with E-state index in [1.165, 1.54) is 12.1 Å². The normalized spacial score (nSPS) is 19.5. The number of hydrogen-bond acceptors (Lipinski definition) is 6. The molecule has 1 unspecified atom stereocenters. The number of benzene rings is 1. The van der Waals surface area contributed by atoms with E-state index < -0.39 is 6.10 Å². The van der Waals surface area contributed by atoms with Crippen molar-refractivity contribution in [1.82, 2.24) is 9.80 Å². The highest BCUT2D eigenvalue weighted by atomic mass is 19.1. The van der Waals surface area contributed by atoms with Gasteiger partial charge in [-0.3, -0.25) is 9.80 Å². The number of rotatable bonds is 8. The lowest BCUT2D eigenvalue weighted by atomic mass is 10.0. The van der Waals surface area contributed by atoms with E-state index >= 15 is 0 Å². The van der Waals surface area contributed by atoms with Gasteiger partial charge >= 0.3 is 0 Å². The molecule has 162 valence electrons. The molecule has 0 aliphatic carbocycles. The molecule has 30 heavy (non-hydrogen) atoms. The molecule has 7 heteroatoms. The van der Waals surface area contributed by atoms with E-state index in [4.69, 9.17) is 13.9 Å². The minimum Gasteiger partial charge on any atom is -0.491 e. The third-order valence-electron chi connectivity index (χ3n) is 5.54. The Kier molecular flexibility index (Phi) is 7.17. The summed E-state index contributed by atoms with van der Waals surface area (Å²) in [6.07, 6.45) is 3.81. The molecule has 0 saturated carbocycles. The molecule has 2 aromatic rings. The van der Waals surface area contributed by atoms with E-state index in [1.807, 2.05) is 24.3 Å². The summed E-state index contributed by atoms with van der Waals surface area (Å²) in [5, 5.41) is 10.4. The van der Waals surface area contributed by atoms with Crippen molar-refractivity contribution in [2.45, 2.75) is 19.1 Å². The average Bonchev–Trinajstić information content (AvgIpc) is 3.27. The van der Waals surface area contributed by atoms with Crippen LogP contribution in [0.5, 0.6) is 5.75 Å². The van der Waals surface area contributed by atoms with E-state index in [1.54, 1.807) is 6.26 Å². The molecule has 0 spiro atoms. The Morgan fingerprint density at radius 1 is 1.13 bits per heavy atom. The van der Waals surface area contributed by atoms with E-state index in [9.17, 15) is 9.50 Å². The predicted molar refractivity (Wildman–Crippen MR) is 112 cm³/mol. The van der Waals surface area contributed by atoms with Crippen LogP contribution in [0.2, 0.25) is 0 Å². The number of aliphatic hydroxyl groups excluding tert-OH is 1. The van der Waals surface area contributed by atoms with Crippen LogP contribution in [0, 0.1) is 5.82 Å². The van der Waals surface area contributed by atoms with E-state index in [-0.39, 0.29) is 12.4 Å². The Balaban J connectivity index is 1.23. The maximum atomic E-state index is 14.0. The SMILES string of the molecule is OC(COc1cc(F)cc(C2=CCOCC2)c1)CN1CCN(Cc2ccco2)CC1. The van der Waals surface area contributed by atoms with Gasteiger partial charge in [0.25, 0.3) is 0 Å². The second-order valence-corrected chi connectivity index (χ2v) is 7.85. The van der Waals surface area contributed by atoms with Gasteiger partial charge < -0.3 is 19.0 Å². The summed E-state index contributed by atoms with van der Waals surface area (Å²) < 4.78 is 30.5. The summed E-state index contributed by atoms with van der Waals surface area (Å²) in [6, 6.07) is 8.61. The zero-order valence-electron chi connectivity index (χ0n) is 17.1. The molecule has 0 amide bonds. The molecule has 1 aromatic heterocycles. The summed E-state index contributed by atoms with van der Waals surface area (Å²) in [5.41, 5.74) is 1.88. The highest BCUT2D eigenvalue weighted by Gasteiger charge is 2.20. The van der Waals surface area contributed by atoms with Gasteiger partial charge in [-0.2, -0.15) is 0 Å². The molecule has 1 atom stereocenters. The Bertz CT molecular complexity index is 832. The molecule has 1 aromatic carbocycles. The zero-order valence-corrected chi connectivity index (χ0v) is 17.1. The first kappa shape index (κ1) is 21.1. The van der Waals surface area contributed by atoms with Gasteiger partial charge in [-0.25, -0.2) is 4.39 Å². The second kappa shape index (κ2) is 10.2. The summed E-state index contributed by atoms with van der Waals surface area (Å²) >= 11 is 0. The van der Waals surface area contributed by atoms with Crippen LogP contribution in [-0.2, 0) is 11.3 Å². The Labute approximate surface area is 176 Å². The summed E-state index contributed by atoms with van der Waals surface area (Å²) in [5.74, 6) is 1.08. The van der Waals surface area contributed by atoms with Gasteiger partial charge in [0, 0.05) is 38.8 Å². The number of ether oxygens (including phenoxy) is 2. The van der Waals surface area contributed by atoms with E-state index in [2.05, 4.69) is 9.80 Å². The summed E-state index contributed by atoms with van der Waals surface area (Å²) in [7, 11) is 0. The van der Waals surface area contributed by atoms with Gasteiger partial charge in [-0.1, -0.05) is 6.08 Å². The molecular weight excluding hydrogens is 387 g/mol. The third kappa shape index (κ3) is 5.92. The fourth-order valence-corrected chi connectivity index (χ4v) is 3.92. The van der Waals surface area contributed by atoms with Crippen LogP contribution >= 0.6 is 0 Å². The molecule has 0 bridgehead atoms. The van der Waals surface area contributed by atoms with Crippen molar-refractivity contribution < 1.29 is 23.4 Å². The summed E-state index contributed by atoms with van der Waals surface area (Å²) in [4.78, 5) is 4.58. The lowest BCUT2D eigenvalue weighted by molar-refractivity contribution is 0.0433. The lowest BCUT2D eigenvalue weighted by Crippen LogP contribution is -2.48. The van der Waals surface area contributed by atoms with Crippen LogP contribution in [-0.4, -0.2) is 73.6 Å². The smallest absolute Gasteiger partial charge is 0.127 e. The van der Waals surface area contributed by atoms with Gasteiger partial charge in [0.1, 0.15) is 30.0 Å². The fraction of sp³-hybridized carbons (Fsp3) is 0.478. The van der Waals surface area contributed by atoms with Crippen LogP contribution in [0.15, 0.2) is 47.1 Å². The van der Waals surface area contributed by atoms with Crippen LogP contribution in [0.3, 0.4) is 0 Å². The molecule has 2 aliphatic heterocycles. The third-order valence-corrected chi connectivity index (χ3v) is 5.54. The van der Waals surface area contributed by atoms with Crippen molar-refractivity contribution >= 4 is 5.57 Å². The van der Waals surface area contributed by atoms with Crippen molar-refractivity contribution in [2.24, 2.45) is 0 Å². The van der Waals surface area contributed by atoms with Crippen LogP contribution in [0.4, 0.5) is 4.39 Å². The number of furan rings is 1. The largest absolute Gasteiger partial charge is 0.491 e. The minimum absolute atomic E-state index is 0.137. The molecule has 1 saturated heterocycles. The van der Waals surface area contributed by atoms with Gasteiger partial charge in [0.2, 0.25) is 0 Å².